The van der Waals surface area contributed by atoms with Crippen molar-refractivity contribution in [1.29, 1.82) is 0 Å². The van der Waals surface area contributed by atoms with Crippen LogP contribution in [0.25, 0.3) is 0 Å². The van der Waals surface area contributed by atoms with E-state index in [2.05, 4.69) is 16.9 Å². The summed E-state index contributed by atoms with van der Waals surface area (Å²) in [5.74, 6) is 4.00. The highest BCUT2D eigenvalue weighted by Gasteiger charge is 2.37. The van der Waals surface area contributed by atoms with Gasteiger partial charge in [0, 0.05) is 65.7 Å². The SMILES string of the molecule is COc1ccc(C2=NN(c3ccc(OC=O)cc3)C(c3ccc(CO)cc3)C2)cc1OC.COc1cccc(C2=NN(c3ccc(OC=O)cc3)C(c3ccc(CO)cc3)C2)c1.O=COc1ccc(N2N=C(c3ccccc3)CC2c2ccc(CO)cc2)cc1.O=COc1ccc(N2N=C(c3ccccc3CO)CC2c2ccc(CO)cc2)cc1.O=S([O-])Nc1ccc(N2N=C(c3ccccc3)CC2c2ccc(CO)cc2)cc1. The predicted octanol–water partition coefficient (Wildman–Crippen LogP) is 19.5. The molecule has 6 unspecified atom stereocenters. The molecule has 5 heterocycles. The third kappa shape index (κ3) is 26.3. The molecule has 5 aliphatic heterocycles. The number of ether oxygens (including phenoxy) is 7. The van der Waals surface area contributed by atoms with E-state index in [4.69, 9.17) is 58.7 Å². The molecule has 0 saturated heterocycles. The maximum atomic E-state index is 10.8. The second kappa shape index (κ2) is 51.4. The van der Waals surface area contributed by atoms with Gasteiger partial charge in [-0.3, -0.25) is 48.4 Å². The predicted molar refractivity (Wildman–Crippen MR) is 573 cm³/mol. The number of carbonyl (C=O) groups is 4. The number of hydrogen-bond donors (Lipinski definition) is 7. The van der Waals surface area contributed by atoms with Gasteiger partial charge in [0.25, 0.3) is 25.9 Å². The van der Waals surface area contributed by atoms with Crippen LogP contribution in [0.2, 0.25) is 0 Å². The first-order valence-electron chi connectivity index (χ1n) is 47.8. The van der Waals surface area contributed by atoms with Gasteiger partial charge < -0.3 is 73.1 Å². The Kier molecular flexibility index (Phi) is 36.0. The Labute approximate surface area is 864 Å². The Morgan fingerprint density at radius 1 is 0.289 bits per heavy atom. The number of carbonyl (C=O) groups excluding carboxylic acids is 4. The first-order valence-corrected chi connectivity index (χ1v) is 48.9. The highest BCUT2D eigenvalue weighted by atomic mass is 32.2. The third-order valence-electron chi connectivity index (χ3n) is 25.6. The Balaban J connectivity index is 0.000000133. The van der Waals surface area contributed by atoms with Gasteiger partial charge >= 0.3 is 0 Å². The van der Waals surface area contributed by atoms with Crippen LogP contribution in [0, 0.1) is 0 Å². The first kappa shape index (κ1) is 104. The minimum absolute atomic E-state index is 0.000246. The van der Waals surface area contributed by atoms with E-state index < -0.39 is 11.3 Å². The van der Waals surface area contributed by atoms with E-state index in [1.54, 1.807) is 82.0 Å². The van der Waals surface area contributed by atoms with Crippen LogP contribution in [0.15, 0.2) is 396 Å². The van der Waals surface area contributed by atoms with E-state index in [9.17, 15) is 58.6 Å². The number of aliphatic hydroxyl groups is 6. The van der Waals surface area contributed by atoms with Crippen molar-refractivity contribution in [1.82, 2.24) is 0 Å². The molecule has 31 heteroatoms. The number of methoxy groups -OCH3 is 3. The molecule has 30 nitrogen and oxygen atoms in total. The molecule has 0 radical (unpaired) electrons. The van der Waals surface area contributed by atoms with Crippen LogP contribution in [0.3, 0.4) is 0 Å². The van der Waals surface area contributed by atoms with Crippen LogP contribution in [-0.2, 0) is 70.1 Å². The zero-order valence-electron chi connectivity index (χ0n) is 81.6. The van der Waals surface area contributed by atoms with Crippen LogP contribution in [0.1, 0.15) is 151 Å². The van der Waals surface area contributed by atoms with Crippen LogP contribution in [0.4, 0.5) is 34.1 Å². The fraction of sp³-hybridized carbons (Fsp3) is 0.161. The summed E-state index contributed by atoms with van der Waals surface area (Å²) in [5, 5.41) is 90.8. The summed E-state index contributed by atoms with van der Waals surface area (Å²) in [6.07, 6.45) is 3.59. The number of nitrogens with one attached hydrogen (secondary N) is 1. The van der Waals surface area contributed by atoms with Crippen molar-refractivity contribution in [3.8, 4) is 40.2 Å². The molecule has 0 aliphatic carbocycles. The van der Waals surface area contributed by atoms with Gasteiger partial charge in [0.2, 0.25) is 0 Å². The summed E-state index contributed by atoms with van der Waals surface area (Å²) in [6.45, 7) is 1.63. The first-order chi connectivity index (χ1) is 73.0. The number of nitrogens with zero attached hydrogens (tertiary/aromatic N) is 10. The molecule has 0 fully saturated rings. The minimum Gasteiger partial charge on any atom is -0.755 e. The highest BCUT2D eigenvalue weighted by molar-refractivity contribution is 7.80. The van der Waals surface area contributed by atoms with Gasteiger partial charge in [-0.15, -0.1) is 0 Å². The van der Waals surface area contributed by atoms with E-state index in [0.717, 1.165) is 171 Å². The molecule has 0 amide bonds. The molecule has 0 saturated carbocycles. The van der Waals surface area contributed by atoms with Gasteiger partial charge in [0.1, 0.15) is 28.7 Å². The summed E-state index contributed by atoms with van der Waals surface area (Å²) >= 11 is -2.36. The molecule has 15 aromatic rings. The summed E-state index contributed by atoms with van der Waals surface area (Å²) in [7, 11) is 4.87. The quantitative estimate of drug-likeness (QED) is 0.0145. The van der Waals surface area contributed by atoms with E-state index >= 15 is 0 Å². The van der Waals surface area contributed by atoms with Crippen molar-refractivity contribution in [2.45, 2.75) is 102 Å². The lowest BCUT2D eigenvalue weighted by Crippen LogP contribution is -2.18. The monoisotopic (exact) mass is 2010 g/mol. The number of hydrazone groups is 5. The molecule has 0 spiro atoms. The molecule has 15 aromatic carbocycles. The van der Waals surface area contributed by atoms with Crippen molar-refractivity contribution in [2.75, 3.05) is 51.1 Å². The van der Waals surface area contributed by atoms with Crippen LogP contribution in [-0.4, -0.2) is 115 Å². The summed E-state index contributed by atoms with van der Waals surface area (Å²) in [6, 6.07) is 117. The second-order valence-corrected chi connectivity index (χ2v) is 35.3. The minimum atomic E-state index is -2.36. The van der Waals surface area contributed by atoms with Gasteiger partial charge in [-0.2, -0.15) is 25.5 Å². The lowest BCUT2D eigenvalue weighted by molar-refractivity contribution is -0.121. The zero-order chi connectivity index (χ0) is 104. The fourth-order valence-electron chi connectivity index (χ4n) is 17.9. The number of anilines is 6. The van der Waals surface area contributed by atoms with Gasteiger partial charge in [-0.05, 0) is 224 Å². The normalized spacial score (nSPS) is 15.9. The van der Waals surface area contributed by atoms with Gasteiger partial charge in [0.15, 0.2) is 11.5 Å². The molecule has 7 N–H and O–H groups in total. The Bertz CT molecular complexity index is 7190. The second-order valence-electron chi connectivity index (χ2n) is 34.6. The molecule has 6 atom stereocenters. The molecule has 149 heavy (non-hydrogen) atoms. The van der Waals surface area contributed by atoms with Gasteiger partial charge in [-0.1, -0.05) is 218 Å². The van der Waals surface area contributed by atoms with E-state index in [-0.39, 0.29) is 69.9 Å². The molecule has 20 rings (SSSR count). The topological polar surface area (TPSA) is 384 Å². The number of benzene rings is 15. The lowest BCUT2D eigenvalue weighted by Gasteiger charge is -2.24. The van der Waals surface area contributed by atoms with Crippen LogP contribution < -0.4 is 62.9 Å². The van der Waals surface area contributed by atoms with E-state index in [0.29, 0.717) is 78.9 Å². The van der Waals surface area contributed by atoms with E-state index in [1.165, 1.54) is 0 Å². The maximum Gasteiger partial charge on any atom is 0.298 e. The van der Waals surface area contributed by atoms with E-state index in [1.807, 2.05) is 322 Å². The summed E-state index contributed by atoms with van der Waals surface area (Å²) < 4.78 is 59.8. The van der Waals surface area contributed by atoms with Crippen molar-refractivity contribution in [3.05, 3.63) is 459 Å². The van der Waals surface area contributed by atoms with Gasteiger partial charge in [0.05, 0.1) is 148 Å². The smallest absolute Gasteiger partial charge is 0.298 e. The Morgan fingerprint density at radius 2 is 0.570 bits per heavy atom. The number of aliphatic hydroxyl groups excluding tert-OH is 6. The Morgan fingerprint density at radius 3 is 0.866 bits per heavy atom. The standard InChI is InChI=1S/C25H24N2O5.2C24H22N2O4.C23H20N2O3.C22H21N3O3S/c1-30-24-12-7-19(13-25(24)31-2)22-14-23(18-5-3-17(15-28)4-6-18)27(26-22)20-8-10-21(11-9-20)32-16-29;1-29-22-4-2-3-19(13-22)23-14-24(18-7-5-17(15-27)6-8-18)26(25-23)20-9-11-21(12-10-20)30-16-28;27-14-17-5-7-18(8-6-17)24-13-23(22-4-2-1-3-19(22)15-28)25-26(24)20-9-11-21(12-10-20)30-16-29;26-15-17-6-8-19(9-7-17)23-14-22(18-4-2-1-3-5-18)24-25(23)20-10-12-21(13-11-20)28-16-27;26-15-16-6-8-18(9-7-16)22-14-21(17-4-2-1-3-5-17)23-25(22)20-12-10-19(11-13-20)24-29(27)28/h3-13,16,23,28H,14-15H2,1-2H3;2-13,16,24,27H,14-15H2,1H3;1-12,16,24,27-28H,13-15H2;1-13,16,23,26H,14-15H2;1-13,22,24,26H,14-15H2,(H,27,28)/p-1. The third-order valence-corrected chi connectivity index (χ3v) is 26.0. The van der Waals surface area contributed by atoms with Crippen molar-refractivity contribution >= 4 is 99.8 Å². The van der Waals surface area contributed by atoms with Crippen molar-refractivity contribution in [2.24, 2.45) is 25.5 Å². The molecular formula is C118H108N11O19S-. The van der Waals surface area contributed by atoms with Gasteiger partial charge in [-0.25, -0.2) is 0 Å². The molecular weight excluding hydrogens is 1910 g/mol. The number of hydrogen-bond acceptors (Lipinski definition) is 29. The average Bonchev–Trinajstić information content (AvgIpc) is 1.65. The van der Waals surface area contributed by atoms with Crippen LogP contribution in [0.5, 0.6) is 40.2 Å². The average molecular weight is 2020 g/mol. The van der Waals surface area contributed by atoms with Crippen molar-refractivity contribution in [3.63, 3.8) is 0 Å². The lowest BCUT2D eigenvalue weighted by atomic mass is 9.95. The van der Waals surface area contributed by atoms with Crippen molar-refractivity contribution < 1.29 is 91.7 Å². The largest absolute Gasteiger partial charge is 0.755 e. The maximum absolute atomic E-state index is 10.8. The fourth-order valence-corrected chi connectivity index (χ4v) is 18.2. The molecule has 0 aromatic heterocycles. The number of rotatable bonds is 34. The summed E-state index contributed by atoms with van der Waals surface area (Å²) in [4.78, 5) is 42.3. The Hall–Kier alpha value is -17.4. The molecule has 5 aliphatic rings. The molecule has 0 bridgehead atoms. The van der Waals surface area contributed by atoms with Crippen LogP contribution >= 0.6 is 0 Å². The highest BCUT2D eigenvalue weighted by Crippen LogP contribution is 2.45. The molecule has 756 valence electrons. The zero-order valence-corrected chi connectivity index (χ0v) is 82.4. The summed E-state index contributed by atoms with van der Waals surface area (Å²) in [5.41, 5.74) is 25.4.